The van der Waals surface area contributed by atoms with Crippen LogP contribution in [-0.2, 0) is 22.7 Å². The lowest BCUT2D eigenvalue weighted by molar-refractivity contribution is -0.124. The molecular weight excluding hydrogens is 392 g/mol. The molecule has 7 heteroatoms. The zero-order valence-electron chi connectivity index (χ0n) is 17.8. The fraction of sp³-hybridized carbons (Fsp3) is 0.292. The summed E-state index contributed by atoms with van der Waals surface area (Å²) in [5.41, 5.74) is 2.70. The van der Waals surface area contributed by atoms with Gasteiger partial charge in [0.2, 0.25) is 5.91 Å². The van der Waals surface area contributed by atoms with Gasteiger partial charge in [-0.05, 0) is 29.2 Å². The predicted octanol–water partition coefficient (Wildman–Crippen LogP) is 3.83. The van der Waals surface area contributed by atoms with Crippen molar-refractivity contribution in [2.24, 2.45) is 5.92 Å². The largest absolute Gasteiger partial charge is 0.445 e. The fourth-order valence-electron chi connectivity index (χ4n) is 3.18. The summed E-state index contributed by atoms with van der Waals surface area (Å²) in [6.45, 7) is 4.38. The number of hydrogen-bond donors (Lipinski definition) is 2. The summed E-state index contributed by atoms with van der Waals surface area (Å²) in [6.07, 6.45) is 3.69. The molecule has 0 bridgehead atoms. The minimum Gasteiger partial charge on any atom is -0.445 e. The molecule has 1 heterocycles. The van der Waals surface area contributed by atoms with E-state index >= 15 is 0 Å². The third-order valence-corrected chi connectivity index (χ3v) is 5.18. The van der Waals surface area contributed by atoms with Gasteiger partial charge in [0.25, 0.3) is 0 Å². The van der Waals surface area contributed by atoms with E-state index in [1.165, 1.54) is 0 Å². The Balaban J connectivity index is 1.61. The highest BCUT2D eigenvalue weighted by atomic mass is 16.5. The van der Waals surface area contributed by atoms with Crippen LogP contribution in [0.25, 0.3) is 5.69 Å². The highest BCUT2D eigenvalue weighted by Gasteiger charge is 2.26. The van der Waals surface area contributed by atoms with Crippen molar-refractivity contribution < 1.29 is 14.3 Å². The van der Waals surface area contributed by atoms with Crippen molar-refractivity contribution in [1.29, 1.82) is 0 Å². The van der Waals surface area contributed by atoms with Gasteiger partial charge >= 0.3 is 6.09 Å². The topological polar surface area (TPSA) is 85.2 Å². The molecule has 2 atom stereocenters. The van der Waals surface area contributed by atoms with Crippen LogP contribution in [0.4, 0.5) is 4.79 Å². The molecule has 0 aliphatic carbocycles. The molecular formula is C24H28N4O3. The molecule has 1 aromatic heterocycles. The number of amides is 2. The Hall–Kier alpha value is -3.61. The van der Waals surface area contributed by atoms with Gasteiger partial charge in [-0.3, -0.25) is 4.79 Å². The van der Waals surface area contributed by atoms with Crippen LogP contribution in [0.1, 0.15) is 31.4 Å². The van der Waals surface area contributed by atoms with E-state index in [0.717, 1.165) is 23.2 Å². The number of ether oxygens (including phenoxy) is 1. The summed E-state index contributed by atoms with van der Waals surface area (Å²) in [7, 11) is 0. The lowest BCUT2D eigenvalue weighted by atomic mass is 9.98. The summed E-state index contributed by atoms with van der Waals surface area (Å²) in [5.74, 6) is -0.299. The second-order valence-electron chi connectivity index (χ2n) is 7.37. The minimum atomic E-state index is -0.690. The van der Waals surface area contributed by atoms with Crippen LogP contribution in [0.2, 0.25) is 0 Å². The van der Waals surface area contributed by atoms with Gasteiger partial charge in [0.05, 0.1) is 5.69 Å². The lowest BCUT2D eigenvalue weighted by Crippen LogP contribution is -2.50. The Labute approximate surface area is 182 Å². The van der Waals surface area contributed by atoms with Gasteiger partial charge in [-0.15, -0.1) is 0 Å². The van der Waals surface area contributed by atoms with Gasteiger partial charge in [0.1, 0.15) is 12.6 Å². The zero-order chi connectivity index (χ0) is 22.1. The summed E-state index contributed by atoms with van der Waals surface area (Å²) >= 11 is 0. The highest BCUT2D eigenvalue weighted by molar-refractivity contribution is 5.86. The molecule has 0 saturated heterocycles. The average molecular weight is 421 g/mol. The normalized spacial score (nSPS) is 12.6. The monoisotopic (exact) mass is 420 g/mol. The minimum absolute atomic E-state index is 0.0503. The Morgan fingerprint density at radius 1 is 1.06 bits per heavy atom. The second kappa shape index (κ2) is 11.0. The van der Waals surface area contributed by atoms with Crippen LogP contribution in [0, 0.1) is 5.92 Å². The van der Waals surface area contributed by atoms with Gasteiger partial charge < -0.3 is 15.4 Å². The van der Waals surface area contributed by atoms with Gasteiger partial charge in [-0.2, -0.15) is 5.10 Å². The van der Waals surface area contributed by atoms with Gasteiger partial charge in [-0.25, -0.2) is 9.48 Å². The first-order chi connectivity index (χ1) is 15.1. The third-order valence-electron chi connectivity index (χ3n) is 5.18. The van der Waals surface area contributed by atoms with E-state index < -0.39 is 12.1 Å². The number of aromatic nitrogens is 2. The molecule has 0 unspecified atom stereocenters. The molecule has 2 aromatic carbocycles. The molecule has 31 heavy (non-hydrogen) atoms. The molecule has 0 aliphatic rings. The van der Waals surface area contributed by atoms with Crippen LogP contribution >= 0.6 is 0 Å². The van der Waals surface area contributed by atoms with E-state index in [1.54, 1.807) is 10.9 Å². The van der Waals surface area contributed by atoms with Crippen LogP contribution in [0.5, 0.6) is 0 Å². The van der Waals surface area contributed by atoms with Crippen molar-refractivity contribution in [2.45, 2.75) is 39.5 Å². The zero-order valence-corrected chi connectivity index (χ0v) is 17.8. The molecule has 0 saturated carbocycles. The molecule has 0 aliphatic heterocycles. The Morgan fingerprint density at radius 3 is 2.52 bits per heavy atom. The first-order valence-electron chi connectivity index (χ1n) is 10.4. The van der Waals surface area contributed by atoms with Crippen molar-refractivity contribution >= 4 is 12.0 Å². The number of nitrogens with zero attached hydrogens (tertiary/aromatic N) is 2. The predicted molar refractivity (Wildman–Crippen MR) is 118 cm³/mol. The molecule has 0 radical (unpaired) electrons. The number of alkyl carbamates (subject to hydrolysis) is 1. The van der Waals surface area contributed by atoms with Crippen LogP contribution in [-0.4, -0.2) is 27.8 Å². The molecule has 2 N–H and O–H groups in total. The highest BCUT2D eigenvalue weighted by Crippen LogP contribution is 2.14. The van der Waals surface area contributed by atoms with Crippen LogP contribution in [0.3, 0.4) is 0 Å². The molecule has 7 nitrogen and oxygen atoms in total. The van der Waals surface area contributed by atoms with Crippen LogP contribution < -0.4 is 10.6 Å². The number of para-hydroxylation sites is 1. The Kier molecular flexibility index (Phi) is 7.81. The molecule has 2 amide bonds. The van der Waals surface area contributed by atoms with Crippen molar-refractivity contribution in [3.63, 3.8) is 0 Å². The van der Waals surface area contributed by atoms with Crippen molar-refractivity contribution in [3.8, 4) is 5.69 Å². The number of carbonyl (C=O) groups excluding carboxylic acids is 2. The Bertz CT molecular complexity index is 974. The summed E-state index contributed by atoms with van der Waals surface area (Å²) < 4.78 is 7.05. The van der Waals surface area contributed by atoms with Gasteiger partial charge in [0.15, 0.2) is 0 Å². The van der Waals surface area contributed by atoms with Crippen molar-refractivity contribution in [3.05, 3.63) is 84.2 Å². The van der Waals surface area contributed by atoms with Crippen molar-refractivity contribution in [2.75, 3.05) is 0 Å². The van der Waals surface area contributed by atoms with E-state index in [2.05, 4.69) is 15.7 Å². The number of carbonyl (C=O) groups is 2. The maximum Gasteiger partial charge on any atom is 0.408 e. The van der Waals surface area contributed by atoms with E-state index in [1.807, 2.05) is 80.7 Å². The van der Waals surface area contributed by atoms with Crippen molar-refractivity contribution in [1.82, 2.24) is 20.4 Å². The fourth-order valence-corrected chi connectivity index (χ4v) is 3.18. The van der Waals surface area contributed by atoms with E-state index in [-0.39, 0.29) is 18.4 Å². The van der Waals surface area contributed by atoms with Gasteiger partial charge in [0, 0.05) is 18.9 Å². The average Bonchev–Trinajstić information content (AvgIpc) is 3.35. The first kappa shape index (κ1) is 22.1. The third kappa shape index (κ3) is 6.18. The van der Waals surface area contributed by atoms with E-state index in [0.29, 0.717) is 6.54 Å². The molecule has 0 fully saturated rings. The molecule has 162 valence electrons. The van der Waals surface area contributed by atoms with Crippen LogP contribution in [0.15, 0.2) is 73.1 Å². The van der Waals surface area contributed by atoms with E-state index in [4.69, 9.17) is 4.74 Å². The number of hydrogen-bond acceptors (Lipinski definition) is 4. The van der Waals surface area contributed by atoms with Gasteiger partial charge in [-0.1, -0.05) is 68.8 Å². The maximum atomic E-state index is 12.9. The molecule has 0 spiro atoms. The summed E-state index contributed by atoms with van der Waals surface area (Å²) in [5, 5.41) is 9.94. The SMILES string of the molecule is CC[C@H](C)[C@H](NC(=O)OCc1ccccc1)C(=O)NCc1ccccc1-n1cccn1. The first-order valence-corrected chi connectivity index (χ1v) is 10.4. The second-order valence-corrected chi connectivity index (χ2v) is 7.37. The molecule has 3 aromatic rings. The number of nitrogens with one attached hydrogen (secondary N) is 2. The standard InChI is InChI=1S/C24H28N4O3/c1-3-18(2)22(27-24(30)31-17-19-10-5-4-6-11-19)23(29)25-16-20-12-7-8-13-21(20)28-15-9-14-26-28/h4-15,18,22H,3,16-17H2,1-2H3,(H,25,29)(H,27,30)/t18-,22-/m0/s1. The number of rotatable bonds is 9. The lowest BCUT2D eigenvalue weighted by Gasteiger charge is -2.23. The maximum absolute atomic E-state index is 12.9. The Morgan fingerprint density at radius 2 is 1.81 bits per heavy atom. The molecule has 3 rings (SSSR count). The number of benzene rings is 2. The summed E-state index contributed by atoms with van der Waals surface area (Å²) in [4.78, 5) is 25.2. The summed E-state index contributed by atoms with van der Waals surface area (Å²) in [6, 6.07) is 18.3. The quantitative estimate of drug-likeness (QED) is 0.551. The smallest absolute Gasteiger partial charge is 0.408 e. The van der Waals surface area contributed by atoms with E-state index in [9.17, 15) is 9.59 Å².